The van der Waals surface area contributed by atoms with E-state index in [1.807, 2.05) is 0 Å². The molecule has 0 saturated heterocycles. The van der Waals surface area contributed by atoms with Gasteiger partial charge in [0.1, 0.15) is 11.6 Å². The van der Waals surface area contributed by atoms with Crippen molar-refractivity contribution in [3.05, 3.63) is 47.2 Å². The van der Waals surface area contributed by atoms with Crippen LogP contribution >= 0.6 is 24.0 Å². The fraction of sp³-hybridized carbons (Fsp3) is 0. The molecule has 1 heterocycles. The van der Waals surface area contributed by atoms with Gasteiger partial charge in [-0.3, -0.25) is 0 Å². The monoisotopic (exact) mass is 276 g/mol. The number of aromatic nitrogens is 1. The second kappa shape index (κ2) is 5.29. The number of hydrogen-bond donors (Lipinski definition) is 1. The van der Waals surface area contributed by atoms with Crippen LogP contribution in [0, 0.1) is 11.6 Å². The predicted octanol–water partition coefficient (Wildman–Crippen LogP) is 3.68. The molecular formula is C11H8Cl2F2N2. The van der Waals surface area contributed by atoms with E-state index in [0.717, 1.165) is 18.2 Å². The Morgan fingerprint density at radius 2 is 1.82 bits per heavy atom. The molecule has 0 amide bonds. The largest absolute Gasteiger partial charge is 0.396 e. The van der Waals surface area contributed by atoms with Crippen molar-refractivity contribution in [2.75, 3.05) is 5.73 Å². The normalized spacial score (nSPS) is 9.82. The maximum Gasteiger partial charge on any atom is 0.152 e. The molecule has 0 atom stereocenters. The lowest BCUT2D eigenvalue weighted by Gasteiger charge is -2.07. The highest BCUT2D eigenvalue weighted by Gasteiger charge is 2.11. The zero-order chi connectivity index (χ0) is 11.7. The Morgan fingerprint density at radius 3 is 2.53 bits per heavy atom. The summed E-state index contributed by atoms with van der Waals surface area (Å²) in [6.07, 6.45) is 1.39. The van der Waals surface area contributed by atoms with Crippen LogP contribution in [0.5, 0.6) is 0 Å². The van der Waals surface area contributed by atoms with Crippen LogP contribution in [0.3, 0.4) is 0 Å². The summed E-state index contributed by atoms with van der Waals surface area (Å²) >= 11 is 5.70. The molecule has 0 spiro atoms. The Morgan fingerprint density at radius 1 is 1.12 bits per heavy atom. The number of anilines is 1. The van der Waals surface area contributed by atoms with Crippen LogP contribution in [0.2, 0.25) is 5.15 Å². The molecule has 17 heavy (non-hydrogen) atoms. The number of nitrogen functional groups attached to an aromatic ring is 1. The van der Waals surface area contributed by atoms with E-state index in [1.54, 1.807) is 0 Å². The smallest absolute Gasteiger partial charge is 0.152 e. The maximum absolute atomic E-state index is 13.5. The van der Waals surface area contributed by atoms with Gasteiger partial charge < -0.3 is 5.73 Å². The van der Waals surface area contributed by atoms with Gasteiger partial charge in [0.2, 0.25) is 0 Å². The van der Waals surface area contributed by atoms with E-state index in [4.69, 9.17) is 17.3 Å². The van der Waals surface area contributed by atoms with E-state index in [2.05, 4.69) is 4.98 Å². The molecule has 0 aliphatic carbocycles. The topological polar surface area (TPSA) is 38.9 Å². The van der Waals surface area contributed by atoms with Gasteiger partial charge in [-0.25, -0.2) is 13.8 Å². The van der Waals surface area contributed by atoms with Crippen molar-refractivity contribution >= 4 is 29.7 Å². The summed E-state index contributed by atoms with van der Waals surface area (Å²) in [5.41, 5.74) is 6.18. The van der Waals surface area contributed by atoms with Gasteiger partial charge in [-0.15, -0.1) is 12.4 Å². The average molecular weight is 277 g/mol. The van der Waals surface area contributed by atoms with E-state index in [0.29, 0.717) is 5.56 Å². The van der Waals surface area contributed by atoms with Crippen LogP contribution < -0.4 is 5.73 Å². The zero-order valence-electron chi connectivity index (χ0n) is 8.45. The van der Waals surface area contributed by atoms with Crippen LogP contribution in [-0.4, -0.2) is 4.98 Å². The van der Waals surface area contributed by atoms with E-state index in [-0.39, 0.29) is 28.8 Å². The summed E-state index contributed by atoms with van der Waals surface area (Å²) in [6.45, 7) is 0. The first-order valence-corrected chi connectivity index (χ1v) is 4.83. The number of hydrogen-bond acceptors (Lipinski definition) is 2. The van der Waals surface area contributed by atoms with Crippen LogP contribution in [-0.2, 0) is 0 Å². The van der Waals surface area contributed by atoms with Crippen molar-refractivity contribution in [2.24, 2.45) is 0 Å². The highest BCUT2D eigenvalue weighted by molar-refractivity contribution is 6.32. The van der Waals surface area contributed by atoms with Crippen LogP contribution in [0.4, 0.5) is 14.5 Å². The lowest BCUT2D eigenvalue weighted by molar-refractivity contribution is 0.603. The number of pyridine rings is 1. The van der Waals surface area contributed by atoms with E-state index < -0.39 is 11.6 Å². The van der Waals surface area contributed by atoms with Gasteiger partial charge in [-0.1, -0.05) is 11.6 Å². The summed E-state index contributed by atoms with van der Waals surface area (Å²) in [7, 11) is 0. The summed E-state index contributed by atoms with van der Waals surface area (Å²) < 4.78 is 26.5. The minimum absolute atomic E-state index is 0. The summed E-state index contributed by atoms with van der Waals surface area (Å²) in [5.74, 6) is -1.10. The third kappa shape index (κ3) is 2.65. The summed E-state index contributed by atoms with van der Waals surface area (Å²) in [5, 5.41) is 0.0705. The lowest BCUT2D eigenvalue weighted by atomic mass is 10.0. The van der Waals surface area contributed by atoms with E-state index >= 15 is 0 Å². The van der Waals surface area contributed by atoms with Gasteiger partial charge in [0, 0.05) is 17.3 Å². The lowest BCUT2D eigenvalue weighted by Crippen LogP contribution is -1.95. The molecule has 1 aromatic heterocycles. The quantitative estimate of drug-likeness (QED) is 0.807. The number of benzene rings is 1. The van der Waals surface area contributed by atoms with Crippen molar-refractivity contribution in [1.29, 1.82) is 0 Å². The minimum atomic E-state index is -0.560. The third-order valence-electron chi connectivity index (χ3n) is 2.16. The highest BCUT2D eigenvalue weighted by atomic mass is 35.5. The molecule has 2 aromatic rings. The second-order valence-electron chi connectivity index (χ2n) is 3.19. The number of nitrogens with two attached hydrogens (primary N) is 1. The molecule has 6 heteroatoms. The molecular weight excluding hydrogens is 269 g/mol. The molecule has 0 saturated carbocycles. The molecule has 0 aliphatic heterocycles. The average Bonchev–Trinajstić information content (AvgIpc) is 2.26. The maximum atomic E-state index is 13.5. The van der Waals surface area contributed by atoms with Crippen molar-refractivity contribution in [3.63, 3.8) is 0 Å². The minimum Gasteiger partial charge on any atom is -0.396 e. The zero-order valence-corrected chi connectivity index (χ0v) is 10.0. The first-order chi connectivity index (χ1) is 7.59. The van der Waals surface area contributed by atoms with Gasteiger partial charge in [0.15, 0.2) is 5.15 Å². The SMILES string of the molecule is Cl.Nc1c(-c2cc(F)ccc2F)ccnc1Cl. The van der Waals surface area contributed by atoms with Crippen molar-refractivity contribution in [3.8, 4) is 11.1 Å². The first-order valence-electron chi connectivity index (χ1n) is 4.45. The summed E-state index contributed by atoms with van der Waals surface area (Å²) in [6, 6.07) is 4.63. The molecule has 1 aromatic carbocycles. The van der Waals surface area contributed by atoms with Gasteiger partial charge in [0.05, 0.1) is 5.69 Å². The molecule has 0 aliphatic rings. The van der Waals surface area contributed by atoms with Crippen molar-refractivity contribution in [1.82, 2.24) is 4.98 Å². The predicted molar refractivity (Wildman–Crippen MR) is 66.3 cm³/mol. The molecule has 2 rings (SSSR count). The van der Waals surface area contributed by atoms with Gasteiger partial charge in [-0.2, -0.15) is 0 Å². The van der Waals surface area contributed by atoms with Crippen LogP contribution in [0.25, 0.3) is 11.1 Å². The first kappa shape index (κ1) is 13.7. The Hall–Kier alpha value is -1.39. The molecule has 0 radical (unpaired) electrons. The fourth-order valence-corrected chi connectivity index (χ4v) is 1.54. The standard InChI is InChI=1S/C11H7ClF2N2.ClH/c12-11-10(15)7(3-4-16-11)8-5-6(13)1-2-9(8)14;/h1-5H,15H2;1H. The summed E-state index contributed by atoms with van der Waals surface area (Å²) in [4.78, 5) is 3.74. The number of halogens is 4. The fourth-order valence-electron chi connectivity index (χ4n) is 1.39. The van der Waals surface area contributed by atoms with Gasteiger partial charge in [-0.05, 0) is 24.3 Å². The van der Waals surface area contributed by atoms with Crippen LogP contribution in [0.15, 0.2) is 30.5 Å². The van der Waals surface area contributed by atoms with Crippen molar-refractivity contribution in [2.45, 2.75) is 0 Å². The molecule has 90 valence electrons. The van der Waals surface area contributed by atoms with Crippen LogP contribution in [0.1, 0.15) is 0 Å². The Bertz CT molecular complexity index is 547. The molecule has 2 nitrogen and oxygen atoms in total. The Kier molecular flexibility index (Phi) is 4.26. The van der Waals surface area contributed by atoms with E-state index in [1.165, 1.54) is 12.3 Å². The van der Waals surface area contributed by atoms with Gasteiger partial charge in [0.25, 0.3) is 0 Å². The molecule has 0 bridgehead atoms. The Balaban J connectivity index is 0.00000144. The van der Waals surface area contributed by atoms with E-state index in [9.17, 15) is 8.78 Å². The molecule has 0 unspecified atom stereocenters. The highest BCUT2D eigenvalue weighted by Crippen LogP contribution is 2.31. The Labute approximate surface area is 108 Å². The second-order valence-corrected chi connectivity index (χ2v) is 3.55. The third-order valence-corrected chi connectivity index (χ3v) is 2.46. The number of rotatable bonds is 1. The molecule has 2 N–H and O–H groups in total. The number of nitrogens with zero attached hydrogens (tertiary/aromatic N) is 1. The van der Waals surface area contributed by atoms with Gasteiger partial charge >= 0.3 is 0 Å². The molecule has 0 fully saturated rings. The van der Waals surface area contributed by atoms with Crippen molar-refractivity contribution < 1.29 is 8.78 Å².